The lowest BCUT2D eigenvalue weighted by Crippen LogP contribution is -2.22. The molecule has 0 spiro atoms. The molecule has 4 rings (SSSR count). The van der Waals surface area contributed by atoms with E-state index in [1.807, 2.05) is 30.8 Å². The van der Waals surface area contributed by atoms with Gasteiger partial charge >= 0.3 is 5.97 Å². The van der Waals surface area contributed by atoms with Crippen LogP contribution < -0.4 is 0 Å². The molecule has 1 aliphatic carbocycles. The maximum absolute atomic E-state index is 11.4. The first kappa shape index (κ1) is 19.3. The number of aromatic nitrogens is 2. The molecule has 2 aromatic rings. The summed E-state index contributed by atoms with van der Waals surface area (Å²) in [7, 11) is 0. The van der Waals surface area contributed by atoms with E-state index in [1.165, 1.54) is 0 Å². The van der Waals surface area contributed by atoms with Gasteiger partial charge in [0.05, 0.1) is 17.3 Å². The Hall–Kier alpha value is -2.05. The predicted octanol–water partition coefficient (Wildman–Crippen LogP) is 5.11. The zero-order valence-corrected chi connectivity index (χ0v) is 16.9. The van der Waals surface area contributed by atoms with Crippen LogP contribution in [0.4, 0.5) is 0 Å². The van der Waals surface area contributed by atoms with Crippen molar-refractivity contribution >= 4 is 28.5 Å². The summed E-state index contributed by atoms with van der Waals surface area (Å²) in [6.45, 7) is 4.74. The minimum absolute atomic E-state index is 0.0192. The fraction of sp³-hybridized carbons (Fsp3) is 0.524. The molecule has 3 atom stereocenters. The van der Waals surface area contributed by atoms with E-state index in [0.29, 0.717) is 17.9 Å². The van der Waals surface area contributed by atoms with Crippen molar-refractivity contribution in [3.8, 4) is 0 Å². The van der Waals surface area contributed by atoms with Gasteiger partial charge in [0.1, 0.15) is 5.76 Å². The van der Waals surface area contributed by atoms with Crippen LogP contribution in [0, 0.1) is 12.8 Å². The summed E-state index contributed by atoms with van der Waals surface area (Å²) in [4.78, 5) is 11.4. The van der Waals surface area contributed by atoms with Gasteiger partial charge in [-0.2, -0.15) is 5.10 Å². The normalized spacial score (nSPS) is 26.0. The zero-order valence-electron chi connectivity index (χ0n) is 16.1. The number of halogens is 1. The SMILES string of the molecule is Cc1c(Cl)cc2c(cnn2C2CCCCO2)c1[C@@H]1CC(O)=C(C(=O)O)C[C@H]1C. The van der Waals surface area contributed by atoms with Crippen LogP contribution in [0.15, 0.2) is 23.6 Å². The standard InChI is InChI=1S/C21H25ClN2O4/c1-11-7-14(21(26)27)18(25)8-13(11)20-12(2)16(22)9-17-15(20)10-23-24(17)19-5-3-4-6-28-19/h9-11,13,19,25H,3-8H2,1-2H3,(H,26,27)/t11-,13-,19?/m1/s1. The smallest absolute Gasteiger partial charge is 0.334 e. The Labute approximate surface area is 168 Å². The molecule has 1 saturated heterocycles. The molecule has 150 valence electrons. The zero-order chi connectivity index (χ0) is 20.0. The van der Waals surface area contributed by atoms with Crippen LogP contribution in [0.1, 0.15) is 62.3 Å². The summed E-state index contributed by atoms with van der Waals surface area (Å²) in [5, 5.41) is 26.0. The molecule has 1 aromatic carbocycles. The van der Waals surface area contributed by atoms with Gasteiger partial charge in [0.15, 0.2) is 6.23 Å². The number of fused-ring (bicyclic) bond motifs is 1. The first-order valence-corrected chi connectivity index (χ1v) is 10.2. The molecule has 1 aromatic heterocycles. The van der Waals surface area contributed by atoms with Gasteiger partial charge in [-0.15, -0.1) is 0 Å². The molecule has 2 heterocycles. The minimum Gasteiger partial charge on any atom is -0.512 e. The lowest BCUT2D eigenvalue weighted by Gasteiger charge is -2.31. The van der Waals surface area contributed by atoms with Crippen molar-refractivity contribution in [2.45, 2.75) is 58.1 Å². The number of benzene rings is 1. The number of carbonyl (C=O) groups is 1. The topological polar surface area (TPSA) is 84.6 Å². The molecule has 0 radical (unpaired) electrons. The number of hydrogen-bond donors (Lipinski definition) is 2. The highest BCUT2D eigenvalue weighted by molar-refractivity contribution is 6.32. The summed E-state index contributed by atoms with van der Waals surface area (Å²) in [6, 6.07) is 1.94. The van der Waals surface area contributed by atoms with E-state index >= 15 is 0 Å². The Balaban J connectivity index is 1.82. The Kier molecular flexibility index (Phi) is 5.10. The molecule has 2 aliphatic rings. The van der Waals surface area contributed by atoms with E-state index < -0.39 is 5.97 Å². The van der Waals surface area contributed by atoms with Crippen molar-refractivity contribution in [2.24, 2.45) is 5.92 Å². The highest BCUT2D eigenvalue weighted by Crippen LogP contribution is 2.45. The van der Waals surface area contributed by atoms with Gasteiger partial charge in [-0.25, -0.2) is 9.48 Å². The summed E-state index contributed by atoms with van der Waals surface area (Å²) in [5.74, 6) is -1.03. The number of aliphatic hydroxyl groups excluding tert-OH is 1. The molecule has 1 aliphatic heterocycles. The predicted molar refractivity (Wildman–Crippen MR) is 107 cm³/mol. The van der Waals surface area contributed by atoms with Gasteiger partial charge in [-0.1, -0.05) is 18.5 Å². The van der Waals surface area contributed by atoms with Gasteiger partial charge in [0, 0.05) is 23.4 Å². The summed E-state index contributed by atoms with van der Waals surface area (Å²) in [5.41, 5.74) is 3.05. The van der Waals surface area contributed by atoms with Gasteiger partial charge in [-0.05, 0) is 61.6 Å². The molecule has 6 nitrogen and oxygen atoms in total. The molecule has 1 fully saturated rings. The number of carboxylic acid groups (broad SMARTS) is 1. The molecular weight excluding hydrogens is 380 g/mol. The second-order valence-electron chi connectivity index (χ2n) is 7.96. The van der Waals surface area contributed by atoms with E-state index in [0.717, 1.165) is 47.9 Å². The molecular formula is C21H25ClN2O4. The second-order valence-corrected chi connectivity index (χ2v) is 8.37. The van der Waals surface area contributed by atoms with Crippen LogP contribution in [-0.2, 0) is 9.53 Å². The first-order valence-electron chi connectivity index (χ1n) is 9.80. The van der Waals surface area contributed by atoms with Gasteiger partial charge in [0.2, 0.25) is 0 Å². The van der Waals surface area contributed by atoms with Crippen molar-refractivity contribution < 1.29 is 19.7 Å². The number of aliphatic carboxylic acids is 1. The molecule has 0 bridgehead atoms. The third kappa shape index (κ3) is 3.18. The molecule has 0 saturated carbocycles. The maximum atomic E-state index is 11.4. The lowest BCUT2D eigenvalue weighted by atomic mass is 9.74. The van der Waals surface area contributed by atoms with E-state index in [1.54, 1.807) is 0 Å². The van der Waals surface area contributed by atoms with Crippen LogP contribution >= 0.6 is 11.6 Å². The summed E-state index contributed by atoms with van der Waals surface area (Å²) >= 11 is 6.59. The monoisotopic (exact) mass is 404 g/mol. The fourth-order valence-corrected chi connectivity index (χ4v) is 4.82. The van der Waals surface area contributed by atoms with Crippen molar-refractivity contribution in [1.82, 2.24) is 9.78 Å². The van der Waals surface area contributed by atoms with Crippen LogP contribution in [0.25, 0.3) is 10.9 Å². The largest absolute Gasteiger partial charge is 0.512 e. The van der Waals surface area contributed by atoms with Crippen molar-refractivity contribution in [1.29, 1.82) is 0 Å². The first-order chi connectivity index (χ1) is 13.4. The van der Waals surface area contributed by atoms with E-state index in [4.69, 9.17) is 16.3 Å². The minimum atomic E-state index is -1.04. The number of allylic oxidation sites excluding steroid dienone is 1. The number of carboxylic acids is 1. The van der Waals surface area contributed by atoms with Crippen LogP contribution in [0.5, 0.6) is 0 Å². The number of nitrogens with zero attached hydrogens (tertiary/aromatic N) is 2. The van der Waals surface area contributed by atoms with Crippen LogP contribution in [0.2, 0.25) is 5.02 Å². The number of rotatable bonds is 3. The quantitative estimate of drug-likeness (QED) is 0.742. The Morgan fingerprint density at radius 1 is 1.36 bits per heavy atom. The highest BCUT2D eigenvalue weighted by atomic mass is 35.5. The van der Waals surface area contributed by atoms with Crippen LogP contribution in [-0.4, -0.2) is 32.6 Å². The van der Waals surface area contributed by atoms with Crippen molar-refractivity contribution in [3.63, 3.8) is 0 Å². The fourth-order valence-electron chi connectivity index (χ4n) is 4.62. The molecule has 1 unspecified atom stereocenters. The van der Waals surface area contributed by atoms with Crippen molar-refractivity contribution in [3.05, 3.63) is 39.7 Å². The maximum Gasteiger partial charge on any atom is 0.334 e. The Morgan fingerprint density at radius 2 is 2.14 bits per heavy atom. The van der Waals surface area contributed by atoms with Crippen molar-refractivity contribution in [2.75, 3.05) is 6.61 Å². The van der Waals surface area contributed by atoms with E-state index in [9.17, 15) is 15.0 Å². The average Bonchev–Trinajstić information content (AvgIpc) is 3.08. The molecule has 2 N–H and O–H groups in total. The van der Waals surface area contributed by atoms with Crippen LogP contribution in [0.3, 0.4) is 0 Å². The summed E-state index contributed by atoms with van der Waals surface area (Å²) < 4.78 is 7.82. The molecule has 7 heteroatoms. The lowest BCUT2D eigenvalue weighted by molar-refractivity contribution is -0.133. The Bertz CT molecular complexity index is 959. The summed E-state index contributed by atoms with van der Waals surface area (Å²) in [6.07, 6.45) is 5.49. The third-order valence-electron chi connectivity index (χ3n) is 6.18. The second kappa shape index (κ2) is 7.41. The van der Waals surface area contributed by atoms with Gasteiger partial charge in [-0.3, -0.25) is 0 Å². The Morgan fingerprint density at radius 3 is 2.82 bits per heavy atom. The van der Waals surface area contributed by atoms with E-state index in [-0.39, 0.29) is 29.4 Å². The van der Waals surface area contributed by atoms with E-state index in [2.05, 4.69) is 5.10 Å². The number of aliphatic hydroxyl groups is 1. The molecule has 28 heavy (non-hydrogen) atoms. The highest BCUT2D eigenvalue weighted by Gasteiger charge is 2.34. The average molecular weight is 405 g/mol. The third-order valence-corrected chi connectivity index (χ3v) is 6.57. The van der Waals surface area contributed by atoms with Gasteiger partial charge in [0.25, 0.3) is 0 Å². The number of hydrogen-bond acceptors (Lipinski definition) is 4. The molecule has 0 amide bonds. The van der Waals surface area contributed by atoms with Gasteiger partial charge < -0.3 is 14.9 Å². The number of ether oxygens (including phenoxy) is 1.